The minimum atomic E-state index is -4.20. The minimum Gasteiger partial charge on any atom is -0.283 e. The van der Waals surface area contributed by atoms with E-state index in [9.17, 15) is 21.2 Å². The monoisotopic (exact) mass is 501 g/mol. The average Bonchev–Trinajstić information content (AvgIpc) is 3.25. The summed E-state index contributed by atoms with van der Waals surface area (Å²) < 4.78 is 69.0. The van der Waals surface area contributed by atoms with Gasteiger partial charge in [0, 0.05) is 12.0 Å². The van der Waals surface area contributed by atoms with E-state index in [2.05, 4.69) is 9.82 Å². The normalized spacial score (nSPS) is 16.4. The summed E-state index contributed by atoms with van der Waals surface area (Å²) in [5.41, 5.74) is 2.84. The van der Waals surface area contributed by atoms with Crippen LogP contribution in [0.25, 0.3) is 0 Å². The van der Waals surface area contributed by atoms with Crippen LogP contribution < -0.4 is 4.72 Å². The van der Waals surface area contributed by atoms with Crippen molar-refractivity contribution in [2.24, 2.45) is 5.10 Å². The number of aryl methyl sites for hydroxylation is 1. The maximum Gasteiger partial charge on any atom is 0.279 e. The fraction of sp³-hybridized carbons (Fsp3) is 0.208. The lowest BCUT2D eigenvalue weighted by Gasteiger charge is -2.24. The molecule has 7 nitrogen and oxygen atoms in total. The Morgan fingerprint density at radius 1 is 1.00 bits per heavy atom. The van der Waals surface area contributed by atoms with Crippen molar-refractivity contribution in [1.29, 1.82) is 0 Å². The second-order valence-corrected chi connectivity index (χ2v) is 11.7. The SMILES string of the molecule is CCS(=O)(=O)Nc1ccccc1C1=NN(S(=O)(=O)c2cccc(F)c2)[C@H](c2ccccc2C)C1. The van der Waals surface area contributed by atoms with Crippen LogP contribution in [0.3, 0.4) is 0 Å². The number of hydrazone groups is 1. The van der Waals surface area contributed by atoms with Crippen LogP contribution in [0.1, 0.15) is 36.1 Å². The fourth-order valence-corrected chi connectivity index (χ4v) is 5.98. The van der Waals surface area contributed by atoms with Crippen LogP contribution in [0.2, 0.25) is 0 Å². The summed E-state index contributed by atoms with van der Waals surface area (Å²) in [5.74, 6) is -0.782. The van der Waals surface area contributed by atoms with E-state index >= 15 is 0 Å². The molecule has 10 heteroatoms. The summed E-state index contributed by atoms with van der Waals surface area (Å²) in [5, 5.41) is 4.46. The van der Waals surface area contributed by atoms with Crippen molar-refractivity contribution in [3.63, 3.8) is 0 Å². The Morgan fingerprint density at radius 3 is 2.41 bits per heavy atom. The topological polar surface area (TPSA) is 95.9 Å². The second-order valence-electron chi connectivity index (χ2n) is 7.91. The Balaban J connectivity index is 1.85. The highest BCUT2D eigenvalue weighted by atomic mass is 32.2. The molecule has 3 aromatic rings. The maximum atomic E-state index is 13.9. The van der Waals surface area contributed by atoms with E-state index in [0.29, 0.717) is 17.0 Å². The summed E-state index contributed by atoms with van der Waals surface area (Å²) in [6.45, 7) is 3.41. The zero-order valence-electron chi connectivity index (χ0n) is 18.6. The van der Waals surface area contributed by atoms with Crippen LogP contribution in [0.5, 0.6) is 0 Å². The molecule has 0 radical (unpaired) electrons. The van der Waals surface area contributed by atoms with E-state index in [0.717, 1.165) is 21.6 Å². The highest BCUT2D eigenvalue weighted by Crippen LogP contribution is 2.39. The number of nitrogens with zero attached hydrogens (tertiary/aromatic N) is 2. The molecule has 0 bridgehead atoms. The molecule has 4 rings (SSSR count). The first kappa shape index (κ1) is 23.9. The number of nitrogens with one attached hydrogen (secondary N) is 1. The molecule has 0 saturated carbocycles. The smallest absolute Gasteiger partial charge is 0.279 e. The van der Waals surface area contributed by atoms with Crippen LogP contribution in [0.15, 0.2) is 82.8 Å². The van der Waals surface area contributed by atoms with Crippen molar-refractivity contribution in [2.45, 2.75) is 31.2 Å². The largest absolute Gasteiger partial charge is 0.283 e. The summed E-state index contributed by atoms with van der Waals surface area (Å²) in [4.78, 5) is -0.212. The molecule has 1 aliphatic rings. The summed E-state index contributed by atoms with van der Waals surface area (Å²) in [7, 11) is -7.77. The van der Waals surface area contributed by atoms with Gasteiger partial charge in [0.2, 0.25) is 10.0 Å². The summed E-state index contributed by atoms with van der Waals surface area (Å²) in [6, 6.07) is 18.2. The van der Waals surface area contributed by atoms with E-state index in [1.54, 1.807) is 24.3 Å². The zero-order chi connectivity index (χ0) is 24.5. The van der Waals surface area contributed by atoms with Gasteiger partial charge in [-0.25, -0.2) is 12.8 Å². The lowest BCUT2D eigenvalue weighted by atomic mass is 9.95. The van der Waals surface area contributed by atoms with Crippen LogP contribution in [-0.2, 0) is 20.0 Å². The van der Waals surface area contributed by atoms with Crippen molar-refractivity contribution in [2.75, 3.05) is 10.5 Å². The van der Waals surface area contributed by atoms with Crippen LogP contribution >= 0.6 is 0 Å². The van der Waals surface area contributed by atoms with Gasteiger partial charge < -0.3 is 0 Å². The Labute approximate surface area is 199 Å². The van der Waals surface area contributed by atoms with Crippen LogP contribution in [0.4, 0.5) is 10.1 Å². The molecular weight excluding hydrogens is 477 g/mol. The van der Waals surface area contributed by atoms with Crippen LogP contribution in [0, 0.1) is 12.7 Å². The van der Waals surface area contributed by atoms with Gasteiger partial charge in [-0.15, -0.1) is 0 Å². The number of hydrogen-bond donors (Lipinski definition) is 1. The van der Waals surface area contributed by atoms with E-state index in [1.165, 1.54) is 25.1 Å². The number of hydrogen-bond acceptors (Lipinski definition) is 5. The molecule has 0 aliphatic carbocycles. The quantitative estimate of drug-likeness (QED) is 0.518. The second kappa shape index (κ2) is 9.19. The van der Waals surface area contributed by atoms with Gasteiger partial charge in [0.05, 0.1) is 28.1 Å². The summed E-state index contributed by atoms with van der Waals surface area (Å²) >= 11 is 0. The standard InChI is InChI=1S/C24H24FN3O4S2/c1-3-33(29,30)27-22-14-7-6-13-21(22)23-16-24(20-12-5-4-9-17(20)2)28(26-23)34(31,32)19-11-8-10-18(25)15-19/h4-15,24,27H,3,16H2,1-2H3/t24-/m0/s1. The molecule has 1 heterocycles. The molecule has 1 aliphatic heterocycles. The van der Waals surface area contributed by atoms with Crippen molar-refractivity contribution in [3.05, 3.63) is 95.3 Å². The maximum absolute atomic E-state index is 13.9. The van der Waals surface area contributed by atoms with E-state index in [-0.39, 0.29) is 17.1 Å². The predicted octanol–water partition coefficient (Wildman–Crippen LogP) is 4.44. The summed E-state index contributed by atoms with van der Waals surface area (Å²) in [6.07, 6.45) is 0.213. The number of rotatable bonds is 7. The van der Waals surface area contributed by atoms with Crippen molar-refractivity contribution < 1.29 is 21.2 Å². The molecule has 0 unspecified atom stereocenters. The third-order valence-electron chi connectivity index (χ3n) is 5.64. The zero-order valence-corrected chi connectivity index (χ0v) is 20.3. The molecule has 3 aromatic carbocycles. The highest BCUT2D eigenvalue weighted by molar-refractivity contribution is 7.92. The minimum absolute atomic E-state index is 0.111. The van der Waals surface area contributed by atoms with Gasteiger partial charge in [-0.2, -0.15) is 17.9 Å². The van der Waals surface area contributed by atoms with Gasteiger partial charge in [-0.05, 0) is 49.2 Å². The Morgan fingerprint density at radius 2 is 1.71 bits per heavy atom. The number of sulfonamides is 2. The van der Waals surface area contributed by atoms with Gasteiger partial charge in [-0.1, -0.05) is 48.5 Å². The molecular formula is C24H24FN3O4S2. The van der Waals surface area contributed by atoms with Gasteiger partial charge in [0.15, 0.2) is 0 Å². The Bertz CT molecular complexity index is 1470. The molecule has 0 spiro atoms. The molecule has 34 heavy (non-hydrogen) atoms. The third-order valence-corrected chi connectivity index (χ3v) is 8.61. The molecule has 1 atom stereocenters. The van der Waals surface area contributed by atoms with Crippen molar-refractivity contribution >= 4 is 31.4 Å². The molecule has 0 amide bonds. The highest BCUT2D eigenvalue weighted by Gasteiger charge is 2.39. The first-order valence-corrected chi connectivity index (χ1v) is 13.7. The molecule has 178 valence electrons. The Kier molecular flexibility index (Phi) is 6.46. The fourth-order valence-electron chi connectivity index (χ4n) is 3.86. The van der Waals surface area contributed by atoms with Crippen molar-refractivity contribution in [3.8, 4) is 0 Å². The van der Waals surface area contributed by atoms with Gasteiger partial charge >= 0.3 is 0 Å². The molecule has 0 fully saturated rings. The average molecular weight is 502 g/mol. The number of halogens is 1. The van der Waals surface area contributed by atoms with E-state index in [4.69, 9.17) is 0 Å². The van der Waals surface area contributed by atoms with Crippen molar-refractivity contribution in [1.82, 2.24) is 4.41 Å². The van der Waals surface area contributed by atoms with E-state index < -0.39 is 31.9 Å². The third kappa shape index (κ3) is 4.69. The van der Waals surface area contributed by atoms with Gasteiger partial charge in [-0.3, -0.25) is 4.72 Å². The van der Waals surface area contributed by atoms with Gasteiger partial charge in [0.1, 0.15) is 5.82 Å². The lowest BCUT2D eigenvalue weighted by molar-refractivity contribution is 0.370. The molecule has 1 N–H and O–H groups in total. The first-order chi connectivity index (χ1) is 16.1. The number of para-hydroxylation sites is 1. The number of anilines is 1. The van der Waals surface area contributed by atoms with Crippen LogP contribution in [-0.4, -0.2) is 32.7 Å². The molecule has 0 saturated heterocycles. The predicted molar refractivity (Wildman–Crippen MR) is 130 cm³/mol. The van der Waals surface area contributed by atoms with E-state index in [1.807, 2.05) is 31.2 Å². The Hall–Kier alpha value is -3.24. The number of benzene rings is 3. The first-order valence-electron chi connectivity index (χ1n) is 10.7. The van der Waals surface area contributed by atoms with Gasteiger partial charge in [0.25, 0.3) is 10.0 Å². The lowest BCUT2D eigenvalue weighted by Crippen LogP contribution is -2.27. The molecule has 0 aromatic heterocycles.